The Kier molecular flexibility index (Phi) is 2.99. The Hall–Kier alpha value is -0.0800. The predicted molar refractivity (Wildman–Crippen MR) is 72.1 cm³/mol. The van der Waals surface area contributed by atoms with Crippen LogP contribution in [0.1, 0.15) is 46.5 Å². The fraction of sp³-hybridized carbons (Fsp3) is 1.00. The van der Waals surface area contributed by atoms with E-state index in [2.05, 4.69) is 31.0 Å². The summed E-state index contributed by atoms with van der Waals surface area (Å²) in [5.74, 6) is 1.78. The quantitative estimate of drug-likeness (QED) is 0.807. The van der Waals surface area contributed by atoms with Crippen LogP contribution in [0.25, 0.3) is 0 Å². The second kappa shape index (κ2) is 4.24. The molecule has 0 spiro atoms. The van der Waals surface area contributed by atoms with Crippen molar-refractivity contribution < 1.29 is 0 Å². The van der Waals surface area contributed by atoms with Crippen LogP contribution in [0.5, 0.6) is 0 Å². The summed E-state index contributed by atoms with van der Waals surface area (Å²) in [5.41, 5.74) is 0.665. The van der Waals surface area contributed by atoms with Crippen LogP contribution < -0.4 is 5.32 Å². The van der Waals surface area contributed by atoms with E-state index in [4.69, 9.17) is 0 Å². The maximum absolute atomic E-state index is 3.81. The van der Waals surface area contributed by atoms with Crippen molar-refractivity contribution in [1.82, 2.24) is 10.2 Å². The lowest BCUT2D eigenvalue weighted by atomic mass is 9.95. The predicted octanol–water partition coefficient (Wildman–Crippen LogP) is 2.49. The first kappa shape index (κ1) is 12.0. The molecule has 1 N–H and O–H groups in total. The lowest BCUT2D eigenvalue weighted by Crippen LogP contribution is -2.59. The van der Waals surface area contributed by atoms with Gasteiger partial charge in [0.25, 0.3) is 0 Å². The second-order valence-electron chi connectivity index (χ2n) is 7.40. The average Bonchev–Trinajstić information content (AvgIpc) is 3.14. The van der Waals surface area contributed by atoms with Crippen molar-refractivity contribution in [2.45, 2.75) is 58.5 Å². The summed E-state index contributed by atoms with van der Waals surface area (Å²) in [5, 5.41) is 3.81. The molecule has 1 heterocycles. The van der Waals surface area contributed by atoms with E-state index in [0.29, 0.717) is 5.41 Å². The van der Waals surface area contributed by atoms with Gasteiger partial charge in [0, 0.05) is 31.7 Å². The summed E-state index contributed by atoms with van der Waals surface area (Å²) in [6, 6.07) is 1.56. The van der Waals surface area contributed by atoms with Crippen LogP contribution in [0.2, 0.25) is 0 Å². The van der Waals surface area contributed by atoms with Gasteiger partial charge in [-0.15, -0.1) is 0 Å². The van der Waals surface area contributed by atoms with Crippen molar-refractivity contribution in [3.8, 4) is 0 Å². The third-order valence-electron chi connectivity index (χ3n) is 5.14. The van der Waals surface area contributed by atoms with Crippen molar-refractivity contribution in [1.29, 1.82) is 0 Å². The van der Waals surface area contributed by atoms with Gasteiger partial charge in [-0.05, 0) is 42.9 Å². The van der Waals surface area contributed by atoms with Gasteiger partial charge in [0.15, 0.2) is 0 Å². The average molecular weight is 236 g/mol. The van der Waals surface area contributed by atoms with Crippen LogP contribution in [-0.4, -0.2) is 36.6 Å². The van der Waals surface area contributed by atoms with Gasteiger partial charge in [0.2, 0.25) is 0 Å². The summed E-state index contributed by atoms with van der Waals surface area (Å²) in [6.45, 7) is 11.1. The number of rotatable bonds is 4. The third kappa shape index (κ3) is 2.68. The normalized spacial score (nSPS) is 37.4. The lowest BCUT2D eigenvalue weighted by molar-refractivity contribution is 0.0743. The molecule has 98 valence electrons. The van der Waals surface area contributed by atoms with E-state index < -0.39 is 0 Å². The second-order valence-corrected chi connectivity index (χ2v) is 7.40. The van der Waals surface area contributed by atoms with E-state index in [9.17, 15) is 0 Å². The van der Waals surface area contributed by atoms with Gasteiger partial charge < -0.3 is 5.32 Å². The first-order chi connectivity index (χ1) is 8.07. The van der Waals surface area contributed by atoms with Gasteiger partial charge in [0.05, 0.1) is 0 Å². The van der Waals surface area contributed by atoms with Gasteiger partial charge in [-0.1, -0.05) is 20.8 Å². The Morgan fingerprint density at radius 3 is 2.53 bits per heavy atom. The highest BCUT2D eigenvalue weighted by Gasteiger charge is 2.44. The molecule has 2 saturated carbocycles. The molecule has 17 heavy (non-hydrogen) atoms. The molecule has 1 aliphatic heterocycles. The molecule has 0 aromatic heterocycles. The zero-order valence-electron chi connectivity index (χ0n) is 11.7. The maximum atomic E-state index is 3.81. The smallest absolute Gasteiger partial charge is 0.0244 e. The molecule has 0 amide bonds. The minimum atomic E-state index is 0.665. The molecule has 3 fully saturated rings. The van der Waals surface area contributed by atoms with E-state index >= 15 is 0 Å². The zero-order chi connectivity index (χ0) is 12.0. The zero-order valence-corrected chi connectivity index (χ0v) is 11.7. The highest BCUT2D eigenvalue weighted by atomic mass is 15.2. The molecule has 2 atom stereocenters. The van der Waals surface area contributed by atoms with Crippen LogP contribution in [0.3, 0.4) is 0 Å². The van der Waals surface area contributed by atoms with Gasteiger partial charge in [-0.3, -0.25) is 4.90 Å². The molecule has 0 aromatic carbocycles. The Morgan fingerprint density at radius 2 is 2.00 bits per heavy atom. The molecule has 2 aliphatic carbocycles. The molecule has 0 aromatic rings. The maximum Gasteiger partial charge on any atom is 0.0244 e. The van der Waals surface area contributed by atoms with Crippen molar-refractivity contribution in [2.24, 2.45) is 17.3 Å². The lowest BCUT2D eigenvalue weighted by Gasteiger charge is -2.44. The molecular weight excluding hydrogens is 208 g/mol. The third-order valence-corrected chi connectivity index (χ3v) is 5.14. The Balaban J connectivity index is 1.64. The van der Waals surface area contributed by atoms with E-state index in [1.807, 2.05) is 0 Å². The molecule has 0 radical (unpaired) electrons. The Bertz CT molecular complexity index is 279. The highest BCUT2D eigenvalue weighted by Crippen LogP contribution is 2.46. The van der Waals surface area contributed by atoms with Gasteiger partial charge in [0.1, 0.15) is 0 Å². The SMILES string of the molecule is CC(C)C1CNC(C2CC2)CN1CC1(C)CC1. The first-order valence-corrected chi connectivity index (χ1v) is 7.55. The number of hydrogen-bond donors (Lipinski definition) is 1. The van der Waals surface area contributed by atoms with Crippen LogP contribution in [-0.2, 0) is 0 Å². The molecule has 0 bridgehead atoms. The van der Waals surface area contributed by atoms with Crippen LogP contribution >= 0.6 is 0 Å². The van der Waals surface area contributed by atoms with Crippen LogP contribution in [0.4, 0.5) is 0 Å². The van der Waals surface area contributed by atoms with E-state index in [1.165, 1.54) is 45.3 Å². The number of nitrogens with one attached hydrogen (secondary N) is 1. The van der Waals surface area contributed by atoms with Crippen LogP contribution in [0.15, 0.2) is 0 Å². The summed E-state index contributed by atoms with van der Waals surface area (Å²) < 4.78 is 0. The molecule has 2 unspecified atom stereocenters. The fourth-order valence-electron chi connectivity index (χ4n) is 3.37. The minimum absolute atomic E-state index is 0.665. The van der Waals surface area contributed by atoms with E-state index in [0.717, 1.165) is 23.9 Å². The van der Waals surface area contributed by atoms with Crippen molar-refractivity contribution >= 4 is 0 Å². The summed E-state index contributed by atoms with van der Waals surface area (Å²) in [4.78, 5) is 2.82. The number of hydrogen-bond acceptors (Lipinski definition) is 2. The van der Waals surface area contributed by atoms with Gasteiger partial charge in [-0.25, -0.2) is 0 Å². The molecule has 3 rings (SSSR count). The van der Waals surface area contributed by atoms with Crippen LogP contribution in [0, 0.1) is 17.3 Å². The number of piperazine rings is 1. The van der Waals surface area contributed by atoms with Gasteiger partial charge in [-0.2, -0.15) is 0 Å². The van der Waals surface area contributed by atoms with E-state index in [-0.39, 0.29) is 0 Å². The topological polar surface area (TPSA) is 15.3 Å². The van der Waals surface area contributed by atoms with Crippen molar-refractivity contribution in [3.05, 3.63) is 0 Å². The monoisotopic (exact) mass is 236 g/mol. The molecule has 2 nitrogen and oxygen atoms in total. The van der Waals surface area contributed by atoms with E-state index in [1.54, 1.807) is 0 Å². The van der Waals surface area contributed by atoms with Crippen molar-refractivity contribution in [2.75, 3.05) is 19.6 Å². The fourth-order valence-corrected chi connectivity index (χ4v) is 3.37. The highest BCUT2D eigenvalue weighted by molar-refractivity contribution is 4.99. The molecule has 2 heteroatoms. The molecule has 1 saturated heterocycles. The summed E-state index contributed by atoms with van der Waals surface area (Å²) in [6.07, 6.45) is 5.84. The first-order valence-electron chi connectivity index (χ1n) is 7.55. The molecular formula is C15H28N2. The minimum Gasteiger partial charge on any atom is -0.311 e. The van der Waals surface area contributed by atoms with Gasteiger partial charge >= 0.3 is 0 Å². The van der Waals surface area contributed by atoms with Crippen molar-refractivity contribution in [3.63, 3.8) is 0 Å². The Morgan fingerprint density at radius 1 is 1.29 bits per heavy atom. The summed E-state index contributed by atoms with van der Waals surface area (Å²) in [7, 11) is 0. The largest absolute Gasteiger partial charge is 0.311 e. The standard InChI is InChI=1S/C15H28N2/c1-11(2)14-8-16-13(12-4-5-12)9-17(14)10-15(3)6-7-15/h11-14,16H,4-10H2,1-3H3. The Labute approximate surface area is 106 Å². The molecule has 3 aliphatic rings. The number of nitrogens with zero attached hydrogens (tertiary/aromatic N) is 1. The summed E-state index contributed by atoms with van der Waals surface area (Å²) >= 11 is 0.